The highest BCUT2D eigenvalue weighted by Crippen LogP contribution is 2.55. The van der Waals surface area contributed by atoms with Gasteiger partial charge in [-0.25, -0.2) is 4.98 Å². The maximum atomic E-state index is 11.5. The number of aromatic nitrogens is 2. The molecule has 3 aliphatic carbocycles. The quantitative estimate of drug-likeness (QED) is 0.620. The topological polar surface area (TPSA) is 52.2 Å². The van der Waals surface area contributed by atoms with Crippen molar-refractivity contribution < 1.29 is 5.11 Å². The molecule has 29 heavy (non-hydrogen) atoms. The van der Waals surface area contributed by atoms with Crippen molar-refractivity contribution in [2.24, 2.45) is 0 Å². The minimum Gasteiger partial charge on any atom is -0.389 e. The molecule has 1 fully saturated rings. The molecule has 0 unspecified atom stereocenters. The predicted octanol–water partition coefficient (Wildman–Crippen LogP) is 4.61. The van der Waals surface area contributed by atoms with Gasteiger partial charge in [-0.1, -0.05) is 36.4 Å². The third-order valence-electron chi connectivity index (χ3n) is 7.18. The summed E-state index contributed by atoms with van der Waals surface area (Å²) >= 11 is 0. The van der Waals surface area contributed by atoms with E-state index in [2.05, 4.69) is 58.3 Å². The van der Waals surface area contributed by atoms with E-state index >= 15 is 0 Å². The van der Waals surface area contributed by atoms with Gasteiger partial charge in [-0.15, -0.1) is 0 Å². The summed E-state index contributed by atoms with van der Waals surface area (Å²) < 4.78 is 0. The van der Waals surface area contributed by atoms with Crippen LogP contribution in [0, 0.1) is 0 Å². The molecule has 2 aromatic carbocycles. The SMILES string of the molecule is CN(CCCc1nc2ccccc2[nH]1)CC[C@@]1(O)C[C@H]2CC[C@H]1c1ccccc12. The van der Waals surface area contributed by atoms with E-state index in [0.29, 0.717) is 11.8 Å². The van der Waals surface area contributed by atoms with E-state index < -0.39 is 5.60 Å². The van der Waals surface area contributed by atoms with E-state index in [4.69, 9.17) is 0 Å². The van der Waals surface area contributed by atoms with Gasteiger partial charge in [0.15, 0.2) is 0 Å². The number of H-pyrrole nitrogens is 1. The van der Waals surface area contributed by atoms with E-state index in [0.717, 1.165) is 62.1 Å². The maximum Gasteiger partial charge on any atom is 0.107 e. The lowest BCUT2D eigenvalue weighted by atomic mass is 9.58. The van der Waals surface area contributed by atoms with Crippen molar-refractivity contribution in [1.29, 1.82) is 0 Å². The molecular weight excluding hydrogens is 358 g/mol. The summed E-state index contributed by atoms with van der Waals surface area (Å²) in [4.78, 5) is 10.5. The minimum absolute atomic E-state index is 0.313. The number of imidazole rings is 1. The van der Waals surface area contributed by atoms with Crippen LogP contribution >= 0.6 is 0 Å². The van der Waals surface area contributed by atoms with Gasteiger partial charge in [-0.3, -0.25) is 0 Å². The molecule has 3 aliphatic rings. The fraction of sp³-hybridized carbons (Fsp3) is 0.480. The Morgan fingerprint density at radius 2 is 1.86 bits per heavy atom. The Balaban J connectivity index is 1.14. The van der Waals surface area contributed by atoms with Gasteiger partial charge in [0.2, 0.25) is 0 Å². The van der Waals surface area contributed by atoms with Crippen LogP contribution in [0.15, 0.2) is 48.5 Å². The first-order chi connectivity index (χ1) is 14.1. The van der Waals surface area contributed by atoms with Crippen LogP contribution in [0.4, 0.5) is 0 Å². The normalized spacial score (nSPS) is 25.6. The predicted molar refractivity (Wildman–Crippen MR) is 117 cm³/mol. The molecule has 2 N–H and O–H groups in total. The summed E-state index contributed by atoms with van der Waals surface area (Å²) in [5, 5.41) is 11.5. The van der Waals surface area contributed by atoms with Gasteiger partial charge < -0.3 is 15.0 Å². The van der Waals surface area contributed by atoms with E-state index in [1.165, 1.54) is 17.5 Å². The molecule has 4 heteroatoms. The first kappa shape index (κ1) is 18.8. The molecule has 6 rings (SSSR count). The minimum atomic E-state index is -0.537. The molecule has 1 saturated carbocycles. The number of aryl methyl sites for hydroxylation is 1. The fourth-order valence-corrected chi connectivity index (χ4v) is 5.63. The monoisotopic (exact) mass is 389 g/mol. The van der Waals surface area contributed by atoms with Crippen LogP contribution in [0.1, 0.15) is 60.9 Å². The Morgan fingerprint density at radius 1 is 1.07 bits per heavy atom. The number of aromatic amines is 1. The molecule has 0 amide bonds. The van der Waals surface area contributed by atoms with Gasteiger partial charge >= 0.3 is 0 Å². The van der Waals surface area contributed by atoms with E-state index in [9.17, 15) is 5.11 Å². The summed E-state index contributed by atoms with van der Waals surface area (Å²) in [6.45, 7) is 1.97. The lowest BCUT2D eigenvalue weighted by Gasteiger charge is -2.50. The molecular formula is C25H31N3O. The number of benzene rings is 2. The zero-order valence-corrected chi connectivity index (χ0v) is 17.3. The van der Waals surface area contributed by atoms with Crippen molar-refractivity contribution >= 4 is 11.0 Å². The number of fused-ring (bicyclic) bond motifs is 3. The summed E-state index contributed by atoms with van der Waals surface area (Å²) in [5.74, 6) is 1.92. The second-order valence-electron chi connectivity index (χ2n) is 9.12. The molecule has 0 spiro atoms. The highest BCUT2D eigenvalue weighted by molar-refractivity contribution is 5.74. The van der Waals surface area contributed by atoms with Crippen molar-refractivity contribution in [2.45, 2.75) is 56.0 Å². The summed E-state index contributed by atoms with van der Waals surface area (Å²) in [6, 6.07) is 17.0. The second kappa shape index (κ2) is 7.58. The smallest absolute Gasteiger partial charge is 0.107 e. The van der Waals surface area contributed by atoms with Gasteiger partial charge in [-0.2, -0.15) is 0 Å². The average molecular weight is 390 g/mol. The first-order valence-electron chi connectivity index (χ1n) is 11.1. The van der Waals surface area contributed by atoms with Crippen molar-refractivity contribution in [3.8, 4) is 0 Å². The van der Waals surface area contributed by atoms with Gasteiger partial charge in [0.05, 0.1) is 16.6 Å². The summed E-state index contributed by atoms with van der Waals surface area (Å²) in [5.41, 5.74) is 4.53. The average Bonchev–Trinajstić information content (AvgIpc) is 3.16. The standard InChI is InChI=1S/C25H31N3O/c1-28(15-6-11-24-26-22-9-4-5-10-23(22)27-24)16-14-25(29)17-18-12-13-21(25)20-8-3-2-7-19(18)20/h2-5,7-10,18,21,29H,6,11-17H2,1H3,(H,26,27)/t18-,21+,25-/m1/s1. The Hall–Kier alpha value is -2.17. The van der Waals surface area contributed by atoms with Gasteiger partial charge in [0, 0.05) is 18.9 Å². The maximum absolute atomic E-state index is 11.5. The Kier molecular flexibility index (Phi) is 4.92. The number of para-hydroxylation sites is 2. The van der Waals surface area contributed by atoms with Crippen LogP contribution in [0.5, 0.6) is 0 Å². The molecule has 0 saturated heterocycles. The molecule has 1 aromatic heterocycles. The van der Waals surface area contributed by atoms with Crippen molar-refractivity contribution in [2.75, 3.05) is 20.1 Å². The van der Waals surface area contributed by atoms with Crippen LogP contribution in [0.3, 0.4) is 0 Å². The number of nitrogens with one attached hydrogen (secondary N) is 1. The van der Waals surface area contributed by atoms with Crippen LogP contribution in [0.25, 0.3) is 11.0 Å². The number of hydrogen-bond donors (Lipinski definition) is 2. The van der Waals surface area contributed by atoms with Crippen LogP contribution in [0.2, 0.25) is 0 Å². The lowest BCUT2D eigenvalue weighted by molar-refractivity contribution is -0.0452. The van der Waals surface area contributed by atoms with Crippen molar-refractivity contribution in [3.05, 3.63) is 65.5 Å². The number of rotatable bonds is 7. The van der Waals surface area contributed by atoms with E-state index in [1.807, 2.05) is 12.1 Å². The summed E-state index contributed by atoms with van der Waals surface area (Å²) in [6.07, 6.45) is 6.20. The fourth-order valence-electron chi connectivity index (χ4n) is 5.63. The van der Waals surface area contributed by atoms with E-state index in [1.54, 1.807) is 0 Å². The molecule has 3 aromatic rings. The molecule has 1 heterocycles. The highest BCUT2D eigenvalue weighted by Gasteiger charge is 2.48. The van der Waals surface area contributed by atoms with Crippen LogP contribution in [-0.4, -0.2) is 45.7 Å². The Bertz CT molecular complexity index is 963. The zero-order valence-electron chi connectivity index (χ0n) is 17.3. The molecule has 152 valence electrons. The van der Waals surface area contributed by atoms with Crippen LogP contribution < -0.4 is 0 Å². The lowest BCUT2D eigenvalue weighted by Crippen LogP contribution is -2.47. The van der Waals surface area contributed by atoms with E-state index in [-0.39, 0.29) is 0 Å². The van der Waals surface area contributed by atoms with Crippen LogP contribution in [-0.2, 0) is 6.42 Å². The second-order valence-corrected chi connectivity index (χ2v) is 9.12. The third-order valence-corrected chi connectivity index (χ3v) is 7.18. The van der Waals surface area contributed by atoms with Gasteiger partial charge in [-0.05, 0) is 74.9 Å². The molecule has 0 radical (unpaired) electrons. The van der Waals surface area contributed by atoms with Crippen molar-refractivity contribution in [1.82, 2.24) is 14.9 Å². The molecule has 2 bridgehead atoms. The number of hydrogen-bond acceptors (Lipinski definition) is 3. The zero-order chi connectivity index (χ0) is 19.8. The van der Waals surface area contributed by atoms with Gasteiger partial charge in [0.25, 0.3) is 0 Å². The van der Waals surface area contributed by atoms with Crippen molar-refractivity contribution in [3.63, 3.8) is 0 Å². The highest BCUT2D eigenvalue weighted by atomic mass is 16.3. The molecule has 4 nitrogen and oxygen atoms in total. The number of aliphatic hydroxyl groups is 1. The Labute approximate surface area is 173 Å². The number of nitrogens with zero attached hydrogens (tertiary/aromatic N) is 2. The largest absolute Gasteiger partial charge is 0.389 e. The van der Waals surface area contributed by atoms with Gasteiger partial charge in [0.1, 0.15) is 5.82 Å². The molecule has 0 aliphatic heterocycles. The Morgan fingerprint density at radius 3 is 2.72 bits per heavy atom. The molecule has 3 atom stereocenters. The summed E-state index contributed by atoms with van der Waals surface area (Å²) in [7, 11) is 2.18. The first-order valence-corrected chi connectivity index (χ1v) is 11.1. The third kappa shape index (κ3) is 3.60.